The molecular formula is C26H50N2O5. The number of unbranched alkanes of at least 4 members (excludes halogenated alkanes) is 13. The normalized spacial score (nSPS) is 11.8. The summed E-state index contributed by atoms with van der Waals surface area (Å²) in [6, 6.07) is 0. The number of carboxylic acids is 1. The van der Waals surface area contributed by atoms with Crippen LogP contribution < -0.4 is 10.6 Å². The van der Waals surface area contributed by atoms with Gasteiger partial charge in [-0.1, -0.05) is 90.4 Å². The fraction of sp³-hybridized carbons (Fsp3) is 0.885. The van der Waals surface area contributed by atoms with Gasteiger partial charge in [-0.15, -0.1) is 0 Å². The quantitative estimate of drug-likeness (QED) is 0.130. The second-order valence-electron chi connectivity index (χ2n) is 9.01. The minimum absolute atomic E-state index is 0.0281. The van der Waals surface area contributed by atoms with E-state index in [-0.39, 0.29) is 25.2 Å². The molecule has 0 radical (unpaired) electrons. The molecular weight excluding hydrogens is 420 g/mol. The van der Waals surface area contributed by atoms with Gasteiger partial charge in [-0.05, 0) is 32.9 Å². The number of rotatable bonds is 24. The van der Waals surface area contributed by atoms with Crippen molar-refractivity contribution < 1.29 is 24.2 Å². The van der Waals surface area contributed by atoms with E-state index in [1.165, 1.54) is 77.0 Å². The summed E-state index contributed by atoms with van der Waals surface area (Å²) in [6.07, 6.45) is 17.8. The highest BCUT2D eigenvalue weighted by atomic mass is 16.6. The molecule has 7 heteroatoms. The van der Waals surface area contributed by atoms with Gasteiger partial charge in [-0.25, -0.2) is 4.79 Å². The lowest BCUT2D eigenvalue weighted by molar-refractivity contribution is -0.164. The van der Waals surface area contributed by atoms with Crippen LogP contribution in [-0.4, -0.2) is 49.2 Å². The molecule has 0 fully saturated rings. The van der Waals surface area contributed by atoms with Crippen molar-refractivity contribution in [3.05, 3.63) is 0 Å². The maximum absolute atomic E-state index is 11.9. The standard InChI is InChI=1S/C26H50N2O5/c1-3-4-5-6-7-8-9-10-11-12-13-14-15-16-22-28-24(29)19-20-25(30)33-23(26(31)32)18-17-21-27-2/h23,27H,3-22H2,1-2H3,(H,28,29)(H,31,32)/t23-/m0/s1. The molecule has 0 aliphatic carbocycles. The van der Waals surface area contributed by atoms with Crippen LogP contribution in [0.2, 0.25) is 0 Å². The summed E-state index contributed by atoms with van der Waals surface area (Å²) < 4.78 is 4.99. The van der Waals surface area contributed by atoms with Gasteiger partial charge in [0.25, 0.3) is 0 Å². The molecule has 0 aliphatic rings. The molecule has 0 aromatic heterocycles. The zero-order valence-electron chi connectivity index (χ0n) is 21.3. The Hall–Kier alpha value is -1.63. The van der Waals surface area contributed by atoms with Crippen LogP contribution in [0.1, 0.15) is 122 Å². The first-order valence-electron chi connectivity index (χ1n) is 13.3. The summed E-state index contributed by atoms with van der Waals surface area (Å²) in [5.74, 6) is -1.98. The Labute approximate surface area is 201 Å². The van der Waals surface area contributed by atoms with Crippen LogP contribution in [0.3, 0.4) is 0 Å². The smallest absolute Gasteiger partial charge is 0.345 e. The third-order valence-electron chi connectivity index (χ3n) is 5.85. The maximum atomic E-state index is 11.9. The fourth-order valence-electron chi connectivity index (χ4n) is 3.77. The average Bonchev–Trinajstić information content (AvgIpc) is 2.79. The molecule has 0 bridgehead atoms. The van der Waals surface area contributed by atoms with E-state index in [1.54, 1.807) is 7.05 Å². The Morgan fingerprint density at radius 3 is 1.73 bits per heavy atom. The van der Waals surface area contributed by atoms with E-state index in [1.807, 2.05) is 0 Å². The van der Waals surface area contributed by atoms with Crippen LogP contribution in [0.5, 0.6) is 0 Å². The Morgan fingerprint density at radius 2 is 1.24 bits per heavy atom. The molecule has 0 spiro atoms. The van der Waals surface area contributed by atoms with E-state index < -0.39 is 18.0 Å². The third-order valence-corrected chi connectivity index (χ3v) is 5.85. The van der Waals surface area contributed by atoms with E-state index in [0.29, 0.717) is 19.5 Å². The summed E-state index contributed by atoms with van der Waals surface area (Å²) in [5.41, 5.74) is 0. The van der Waals surface area contributed by atoms with Crippen molar-refractivity contribution in [2.45, 2.75) is 129 Å². The lowest BCUT2D eigenvalue weighted by atomic mass is 10.0. The largest absolute Gasteiger partial charge is 0.479 e. The first-order valence-corrected chi connectivity index (χ1v) is 13.3. The minimum Gasteiger partial charge on any atom is -0.479 e. The molecule has 0 saturated heterocycles. The Kier molecular flexibility index (Phi) is 22.4. The summed E-state index contributed by atoms with van der Waals surface area (Å²) in [5, 5.41) is 14.9. The highest BCUT2D eigenvalue weighted by Crippen LogP contribution is 2.13. The summed E-state index contributed by atoms with van der Waals surface area (Å²) >= 11 is 0. The maximum Gasteiger partial charge on any atom is 0.345 e. The van der Waals surface area contributed by atoms with Gasteiger partial charge < -0.3 is 20.5 Å². The molecule has 1 atom stereocenters. The molecule has 0 aliphatic heterocycles. The van der Waals surface area contributed by atoms with Gasteiger partial charge in [0.15, 0.2) is 6.10 Å². The SMILES string of the molecule is CCCCCCCCCCCCCCCCNC(=O)CCC(=O)O[C@@H](CCCNC)C(=O)O. The first kappa shape index (κ1) is 31.4. The van der Waals surface area contributed by atoms with Gasteiger partial charge in [-0.2, -0.15) is 0 Å². The molecule has 0 saturated carbocycles. The van der Waals surface area contributed by atoms with Gasteiger partial charge >= 0.3 is 11.9 Å². The number of carboxylic acid groups (broad SMARTS) is 1. The van der Waals surface area contributed by atoms with E-state index in [9.17, 15) is 14.4 Å². The molecule has 0 unspecified atom stereocenters. The van der Waals surface area contributed by atoms with Gasteiger partial charge in [0.2, 0.25) is 5.91 Å². The van der Waals surface area contributed by atoms with Crippen molar-refractivity contribution in [1.29, 1.82) is 0 Å². The number of nitrogens with one attached hydrogen (secondary N) is 2. The fourth-order valence-corrected chi connectivity index (χ4v) is 3.77. The highest BCUT2D eigenvalue weighted by molar-refractivity contribution is 5.82. The van der Waals surface area contributed by atoms with Gasteiger partial charge in [0.1, 0.15) is 0 Å². The second kappa shape index (κ2) is 23.5. The molecule has 0 aromatic carbocycles. The van der Waals surface area contributed by atoms with Gasteiger partial charge in [0.05, 0.1) is 6.42 Å². The van der Waals surface area contributed by atoms with Gasteiger partial charge in [-0.3, -0.25) is 9.59 Å². The van der Waals surface area contributed by atoms with E-state index in [0.717, 1.165) is 12.8 Å². The van der Waals surface area contributed by atoms with E-state index in [4.69, 9.17) is 9.84 Å². The molecule has 7 nitrogen and oxygen atoms in total. The molecule has 0 rings (SSSR count). The number of ether oxygens (including phenoxy) is 1. The van der Waals surface area contributed by atoms with E-state index in [2.05, 4.69) is 17.6 Å². The Balaban J connectivity index is 3.53. The number of esters is 1. The second-order valence-corrected chi connectivity index (χ2v) is 9.01. The van der Waals surface area contributed by atoms with Crippen LogP contribution in [-0.2, 0) is 19.1 Å². The van der Waals surface area contributed by atoms with Crippen molar-refractivity contribution >= 4 is 17.8 Å². The van der Waals surface area contributed by atoms with Crippen molar-refractivity contribution in [2.75, 3.05) is 20.1 Å². The topological polar surface area (TPSA) is 105 Å². The first-order chi connectivity index (χ1) is 16.0. The number of hydrogen-bond donors (Lipinski definition) is 3. The molecule has 0 heterocycles. The monoisotopic (exact) mass is 470 g/mol. The lowest BCUT2D eigenvalue weighted by Crippen LogP contribution is -2.29. The number of aliphatic carboxylic acids is 1. The highest BCUT2D eigenvalue weighted by Gasteiger charge is 2.21. The predicted octanol–water partition coefficient (Wildman–Crippen LogP) is 5.36. The van der Waals surface area contributed by atoms with E-state index >= 15 is 0 Å². The summed E-state index contributed by atoms with van der Waals surface area (Å²) in [6.45, 7) is 3.53. The summed E-state index contributed by atoms with van der Waals surface area (Å²) in [4.78, 5) is 34.9. The van der Waals surface area contributed by atoms with Crippen LogP contribution in [0.15, 0.2) is 0 Å². The van der Waals surface area contributed by atoms with Crippen molar-refractivity contribution in [1.82, 2.24) is 10.6 Å². The number of carbonyl (C=O) groups is 3. The zero-order valence-corrected chi connectivity index (χ0v) is 21.3. The Morgan fingerprint density at radius 1 is 0.727 bits per heavy atom. The molecule has 33 heavy (non-hydrogen) atoms. The number of hydrogen-bond acceptors (Lipinski definition) is 5. The van der Waals surface area contributed by atoms with Crippen LogP contribution >= 0.6 is 0 Å². The zero-order chi connectivity index (χ0) is 24.6. The van der Waals surface area contributed by atoms with Crippen LogP contribution in [0.4, 0.5) is 0 Å². The van der Waals surface area contributed by atoms with Gasteiger partial charge in [0, 0.05) is 13.0 Å². The minimum atomic E-state index is -1.15. The number of amides is 1. The van der Waals surface area contributed by atoms with Crippen LogP contribution in [0.25, 0.3) is 0 Å². The molecule has 0 aromatic rings. The molecule has 194 valence electrons. The summed E-state index contributed by atoms with van der Waals surface area (Å²) in [7, 11) is 1.78. The average molecular weight is 471 g/mol. The molecule has 1 amide bonds. The van der Waals surface area contributed by atoms with Crippen molar-refractivity contribution in [2.24, 2.45) is 0 Å². The Bertz CT molecular complexity index is 499. The number of carbonyl (C=O) groups excluding carboxylic acids is 2. The lowest BCUT2D eigenvalue weighted by Gasteiger charge is -2.13. The third kappa shape index (κ3) is 22.0. The molecule has 3 N–H and O–H groups in total. The predicted molar refractivity (Wildman–Crippen MR) is 133 cm³/mol. The van der Waals surface area contributed by atoms with Crippen LogP contribution in [0, 0.1) is 0 Å². The van der Waals surface area contributed by atoms with Crippen molar-refractivity contribution in [3.63, 3.8) is 0 Å². The van der Waals surface area contributed by atoms with Crippen molar-refractivity contribution in [3.8, 4) is 0 Å².